The summed E-state index contributed by atoms with van der Waals surface area (Å²) in [4.78, 5) is 46.7. The second kappa shape index (κ2) is 9.31. The molecule has 0 aliphatic rings. The van der Waals surface area contributed by atoms with Crippen LogP contribution in [0.25, 0.3) is 0 Å². The predicted octanol–water partition coefficient (Wildman–Crippen LogP) is 3.23. The van der Waals surface area contributed by atoms with Gasteiger partial charge in [-0.05, 0) is 55.5 Å². The van der Waals surface area contributed by atoms with E-state index in [1.165, 1.54) is 48.5 Å². The van der Waals surface area contributed by atoms with Crippen LogP contribution in [0.3, 0.4) is 0 Å². The van der Waals surface area contributed by atoms with Crippen LogP contribution in [0.2, 0.25) is 0 Å². The van der Waals surface area contributed by atoms with Crippen molar-refractivity contribution < 1.29 is 19.3 Å². The van der Waals surface area contributed by atoms with Crippen LogP contribution in [0.1, 0.15) is 36.6 Å². The number of hydrazine groups is 1. The van der Waals surface area contributed by atoms with Crippen molar-refractivity contribution in [3.63, 3.8) is 0 Å². The number of non-ortho nitro benzene ring substituents is 1. The fourth-order valence-electron chi connectivity index (χ4n) is 2.69. The van der Waals surface area contributed by atoms with Crippen molar-refractivity contribution in [3.05, 3.63) is 105 Å². The molecule has 0 heterocycles. The molecular formula is C22H18N4O5. The van der Waals surface area contributed by atoms with Crippen LogP contribution in [0.4, 0.5) is 11.4 Å². The first-order valence-electron chi connectivity index (χ1n) is 9.17. The summed E-state index contributed by atoms with van der Waals surface area (Å²) in [5, 5.41) is 13.3. The summed E-state index contributed by atoms with van der Waals surface area (Å²) >= 11 is 0. The Bertz CT molecular complexity index is 1140. The quantitative estimate of drug-likeness (QED) is 0.433. The van der Waals surface area contributed by atoms with Gasteiger partial charge in [0.2, 0.25) is 0 Å². The van der Waals surface area contributed by atoms with Gasteiger partial charge in [-0.3, -0.25) is 35.3 Å². The lowest BCUT2D eigenvalue weighted by Crippen LogP contribution is -2.41. The Morgan fingerprint density at radius 1 is 0.742 bits per heavy atom. The number of rotatable bonds is 5. The van der Waals surface area contributed by atoms with E-state index >= 15 is 0 Å². The summed E-state index contributed by atoms with van der Waals surface area (Å²) in [5.41, 5.74) is 6.88. The van der Waals surface area contributed by atoms with Crippen LogP contribution in [0.5, 0.6) is 0 Å². The highest BCUT2D eigenvalue weighted by Gasteiger charge is 2.12. The van der Waals surface area contributed by atoms with Crippen molar-refractivity contribution >= 4 is 29.1 Å². The number of hydrogen-bond donors (Lipinski definition) is 3. The van der Waals surface area contributed by atoms with Gasteiger partial charge < -0.3 is 5.32 Å². The molecule has 0 spiro atoms. The normalized spacial score (nSPS) is 10.1. The third-order valence-electron chi connectivity index (χ3n) is 4.32. The fraction of sp³-hybridized carbons (Fsp3) is 0.0455. The average Bonchev–Trinajstić information content (AvgIpc) is 2.77. The number of benzene rings is 3. The molecule has 0 aliphatic heterocycles. The van der Waals surface area contributed by atoms with Crippen molar-refractivity contribution in [1.82, 2.24) is 10.9 Å². The topological polar surface area (TPSA) is 130 Å². The minimum atomic E-state index is -0.547. The molecule has 0 atom stereocenters. The van der Waals surface area contributed by atoms with Crippen LogP contribution in [-0.2, 0) is 0 Å². The van der Waals surface area contributed by atoms with Gasteiger partial charge >= 0.3 is 0 Å². The summed E-state index contributed by atoms with van der Waals surface area (Å²) in [6.07, 6.45) is 0. The second-order valence-electron chi connectivity index (χ2n) is 6.61. The van der Waals surface area contributed by atoms with Crippen LogP contribution >= 0.6 is 0 Å². The molecule has 3 rings (SSSR count). The van der Waals surface area contributed by atoms with Gasteiger partial charge in [0.05, 0.1) is 4.92 Å². The Labute approximate surface area is 177 Å². The number of carbonyl (C=O) groups excluding carboxylic acids is 3. The first kappa shape index (κ1) is 21.2. The van der Waals surface area contributed by atoms with Gasteiger partial charge in [0.1, 0.15) is 0 Å². The van der Waals surface area contributed by atoms with Gasteiger partial charge in [0, 0.05) is 34.5 Å². The van der Waals surface area contributed by atoms with E-state index in [2.05, 4.69) is 16.2 Å². The first-order chi connectivity index (χ1) is 14.8. The largest absolute Gasteiger partial charge is 0.322 e. The molecule has 0 aliphatic carbocycles. The second-order valence-corrected chi connectivity index (χ2v) is 6.61. The molecule has 9 heteroatoms. The number of nitro benzene ring substituents is 1. The van der Waals surface area contributed by atoms with Gasteiger partial charge in [0.15, 0.2) is 0 Å². The standard InChI is InChI=1S/C22H18N4O5/c1-14-3-2-4-17(13-14)22(29)25-24-21(28)16-5-9-18(10-6-16)23-20(27)15-7-11-19(12-8-15)26(30)31/h2-13H,1H3,(H,23,27)(H,24,28)(H,25,29). The molecule has 0 unspecified atom stereocenters. The Kier molecular flexibility index (Phi) is 6.36. The van der Waals surface area contributed by atoms with E-state index in [1.54, 1.807) is 18.2 Å². The number of nitrogens with one attached hydrogen (secondary N) is 3. The zero-order valence-corrected chi connectivity index (χ0v) is 16.4. The third-order valence-corrected chi connectivity index (χ3v) is 4.32. The smallest absolute Gasteiger partial charge is 0.269 e. The Morgan fingerprint density at radius 3 is 1.87 bits per heavy atom. The maximum Gasteiger partial charge on any atom is 0.269 e. The van der Waals surface area contributed by atoms with Gasteiger partial charge in [-0.1, -0.05) is 17.7 Å². The first-order valence-corrected chi connectivity index (χ1v) is 9.17. The predicted molar refractivity (Wildman–Crippen MR) is 114 cm³/mol. The Balaban J connectivity index is 1.56. The van der Waals surface area contributed by atoms with E-state index < -0.39 is 22.6 Å². The molecule has 9 nitrogen and oxygen atoms in total. The number of hydrogen-bond acceptors (Lipinski definition) is 5. The van der Waals surface area contributed by atoms with E-state index in [0.717, 1.165) is 5.56 Å². The van der Waals surface area contributed by atoms with E-state index in [4.69, 9.17) is 0 Å². The minimum absolute atomic E-state index is 0.110. The lowest BCUT2D eigenvalue weighted by Gasteiger charge is -2.09. The third kappa shape index (κ3) is 5.51. The Morgan fingerprint density at radius 2 is 1.29 bits per heavy atom. The number of nitro groups is 1. The van der Waals surface area contributed by atoms with Crippen molar-refractivity contribution in [1.29, 1.82) is 0 Å². The molecule has 0 bridgehead atoms. The Hall–Kier alpha value is -4.53. The molecule has 3 aromatic rings. The summed E-state index contributed by atoms with van der Waals surface area (Å²) in [7, 11) is 0. The lowest BCUT2D eigenvalue weighted by atomic mass is 10.1. The monoisotopic (exact) mass is 418 g/mol. The van der Waals surface area contributed by atoms with E-state index in [-0.39, 0.29) is 16.8 Å². The molecule has 156 valence electrons. The molecule has 0 radical (unpaired) electrons. The van der Waals surface area contributed by atoms with Crippen LogP contribution in [0, 0.1) is 17.0 Å². The summed E-state index contributed by atoms with van der Waals surface area (Å²) < 4.78 is 0. The number of aryl methyl sites for hydroxylation is 1. The van der Waals surface area contributed by atoms with Gasteiger partial charge in [-0.2, -0.15) is 0 Å². The van der Waals surface area contributed by atoms with Crippen molar-refractivity contribution in [2.75, 3.05) is 5.32 Å². The highest BCUT2D eigenvalue weighted by Crippen LogP contribution is 2.15. The molecule has 3 N–H and O–H groups in total. The lowest BCUT2D eigenvalue weighted by molar-refractivity contribution is -0.384. The summed E-state index contributed by atoms with van der Waals surface area (Å²) in [6, 6.07) is 18.2. The van der Waals surface area contributed by atoms with E-state index in [1.807, 2.05) is 13.0 Å². The SMILES string of the molecule is Cc1cccc(C(=O)NNC(=O)c2ccc(NC(=O)c3ccc([N+](=O)[O-])cc3)cc2)c1. The van der Waals surface area contributed by atoms with Crippen molar-refractivity contribution in [2.24, 2.45) is 0 Å². The van der Waals surface area contributed by atoms with Crippen molar-refractivity contribution in [2.45, 2.75) is 6.92 Å². The average molecular weight is 418 g/mol. The minimum Gasteiger partial charge on any atom is -0.322 e. The van der Waals surface area contributed by atoms with E-state index in [0.29, 0.717) is 11.3 Å². The molecule has 3 amide bonds. The highest BCUT2D eigenvalue weighted by molar-refractivity contribution is 6.05. The molecule has 0 saturated carbocycles. The molecule has 0 fully saturated rings. The summed E-state index contributed by atoms with van der Waals surface area (Å²) in [6.45, 7) is 1.86. The van der Waals surface area contributed by atoms with Crippen LogP contribution in [-0.4, -0.2) is 22.6 Å². The molecule has 0 aromatic heterocycles. The molecule has 31 heavy (non-hydrogen) atoms. The number of nitrogens with zero attached hydrogens (tertiary/aromatic N) is 1. The highest BCUT2D eigenvalue weighted by atomic mass is 16.6. The zero-order valence-electron chi connectivity index (χ0n) is 16.4. The number of anilines is 1. The van der Waals surface area contributed by atoms with E-state index in [9.17, 15) is 24.5 Å². The molecule has 3 aromatic carbocycles. The van der Waals surface area contributed by atoms with Crippen LogP contribution in [0.15, 0.2) is 72.8 Å². The van der Waals surface area contributed by atoms with Gasteiger partial charge in [-0.15, -0.1) is 0 Å². The zero-order chi connectivity index (χ0) is 22.4. The van der Waals surface area contributed by atoms with Gasteiger partial charge in [0.25, 0.3) is 23.4 Å². The van der Waals surface area contributed by atoms with Crippen LogP contribution < -0.4 is 16.2 Å². The molecule has 0 saturated heterocycles. The van der Waals surface area contributed by atoms with Gasteiger partial charge in [-0.25, -0.2) is 0 Å². The summed E-state index contributed by atoms with van der Waals surface area (Å²) in [5.74, 6) is -1.41. The van der Waals surface area contributed by atoms with Crippen molar-refractivity contribution in [3.8, 4) is 0 Å². The maximum atomic E-state index is 12.2. The fourth-order valence-corrected chi connectivity index (χ4v) is 2.69. The number of amides is 3. The molecular weight excluding hydrogens is 400 g/mol. The maximum absolute atomic E-state index is 12.2. The number of carbonyl (C=O) groups is 3.